The number of amides is 5. The number of carbonyl (C=O) groups is 5. The van der Waals surface area contributed by atoms with Crippen LogP contribution in [0.25, 0.3) is 0 Å². The second kappa shape index (κ2) is 22.6. The van der Waals surface area contributed by atoms with Gasteiger partial charge in [-0.05, 0) is 144 Å². The van der Waals surface area contributed by atoms with Crippen molar-refractivity contribution in [2.75, 3.05) is 32.7 Å². The predicted molar refractivity (Wildman–Crippen MR) is 309 cm³/mol. The summed E-state index contributed by atoms with van der Waals surface area (Å²) in [7, 11) is 0. The van der Waals surface area contributed by atoms with Gasteiger partial charge in [-0.2, -0.15) is 0 Å². The second-order valence-corrected chi connectivity index (χ2v) is 23.7. The maximum Gasteiger partial charge on any atom is 0.414 e. The van der Waals surface area contributed by atoms with Crippen LogP contribution in [0.2, 0.25) is 0 Å². The van der Waals surface area contributed by atoms with Gasteiger partial charge in [0.1, 0.15) is 11.2 Å². The molecule has 0 aromatic heterocycles. The average molecular weight is 1080 g/mol. The van der Waals surface area contributed by atoms with E-state index in [4.69, 9.17) is 9.47 Å². The normalized spacial score (nSPS) is 19.5. The molecule has 6 aromatic carbocycles. The van der Waals surface area contributed by atoms with Crippen LogP contribution < -0.4 is 5.32 Å². The summed E-state index contributed by atoms with van der Waals surface area (Å²) in [5, 5.41) is 3.43. The minimum absolute atomic E-state index is 0.0276. The summed E-state index contributed by atoms with van der Waals surface area (Å²) in [6.07, 6.45) is 7.13. The predicted octanol–water partition coefficient (Wildman–Crippen LogP) is 12.2. The zero-order chi connectivity index (χ0) is 56.3. The third-order valence-corrected chi connectivity index (χ3v) is 16.3. The molecule has 3 spiro atoms. The molecule has 12 rings (SSSR count). The van der Waals surface area contributed by atoms with Crippen LogP contribution >= 0.6 is 0 Å². The number of hydrogen-bond acceptors (Lipinski definition) is 8. The Labute approximate surface area is 471 Å². The zero-order valence-corrected chi connectivity index (χ0v) is 47.0. The molecule has 6 aliphatic heterocycles. The van der Waals surface area contributed by atoms with Crippen LogP contribution in [0.1, 0.15) is 138 Å². The van der Waals surface area contributed by atoms with Crippen molar-refractivity contribution in [2.24, 2.45) is 0 Å². The van der Waals surface area contributed by atoms with E-state index in [0.717, 1.165) is 64.9 Å². The minimum atomic E-state index is -0.554. The first-order chi connectivity index (χ1) is 38.4. The van der Waals surface area contributed by atoms with E-state index in [2.05, 4.69) is 52.7 Å². The van der Waals surface area contributed by atoms with Gasteiger partial charge in [-0.15, -0.1) is 0 Å². The molecular weight excluding hydrogens is 1000 g/mol. The highest BCUT2D eigenvalue weighted by molar-refractivity contribution is 6.01. The van der Waals surface area contributed by atoms with Gasteiger partial charge in [-0.3, -0.25) is 19.3 Å². The summed E-state index contributed by atoms with van der Waals surface area (Å²) in [4.78, 5) is 73.9. The smallest absolute Gasteiger partial charge is 0.414 e. The molecule has 0 saturated carbocycles. The first-order valence-electron chi connectivity index (χ1n) is 28.2. The van der Waals surface area contributed by atoms with E-state index in [1.54, 1.807) is 16.0 Å². The third-order valence-electron chi connectivity index (χ3n) is 16.3. The summed E-state index contributed by atoms with van der Waals surface area (Å²) >= 11 is 0. The first kappa shape index (κ1) is 55.3. The second-order valence-electron chi connectivity index (χ2n) is 23.7. The fraction of sp³-hybridized carbons (Fsp3) is 0.358. The van der Waals surface area contributed by atoms with Crippen LogP contribution in [0.5, 0.6) is 0 Å². The number of piperidine rings is 2. The molecule has 1 unspecified atom stereocenters. The summed E-state index contributed by atoms with van der Waals surface area (Å²) in [5.41, 5.74) is 6.99. The van der Waals surface area contributed by atoms with Gasteiger partial charge < -0.3 is 34.4 Å². The molecule has 0 radical (unpaired) electrons. The van der Waals surface area contributed by atoms with Crippen LogP contribution in [0, 0.1) is 0 Å². The van der Waals surface area contributed by atoms with Crippen molar-refractivity contribution < 1.29 is 33.4 Å². The molecule has 6 heterocycles. The molecule has 0 aliphatic carbocycles. The van der Waals surface area contributed by atoms with Gasteiger partial charge in [0.05, 0.1) is 16.6 Å². The number of fused-ring (bicyclic) bond motifs is 6. The maximum atomic E-state index is 13.3. The fourth-order valence-electron chi connectivity index (χ4n) is 12.5. The topological polar surface area (TPSA) is 132 Å². The van der Waals surface area contributed by atoms with E-state index in [0.29, 0.717) is 58.5 Å². The molecule has 0 bridgehead atoms. The molecule has 2 saturated heterocycles. The van der Waals surface area contributed by atoms with Crippen molar-refractivity contribution in [1.82, 2.24) is 29.8 Å². The van der Waals surface area contributed by atoms with Gasteiger partial charge in [0.25, 0.3) is 17.7 Å². The Balaban J connectivity index is 0.000000136. The van der Waals surface area contributed by atoms with Gasteiger partial charge in [0.15, 0.2) is 0 Å². The van der Waals surface area contributed by atoms with Crippen LogP contribution in [-0.2, 0) is 45.7 Å². The number of carbonyl (C=O) groups excluding carboxylic acids is 5. The average Bonchev–Trinajstić information content (AvgIpc) is 4.02. The molecule has 1 N–H and O–H groups in total. The van der Waals surface area contributed by atoms with E-state index >= 15 is 0 Å². The molecular formula is C67H74N6O7. The number of ether oxygens (including phenoxy) is 2. The first-order valence-corrected chi connectivity index (χ1v) is 28.2. The third kappa shape index (κ3) is 11.1. The molecule has 13 heteroatoms. The summed E-state index contributed by atoms with van der Waals surface area (Å²) in [6, 6.07) is 54.2. The fourth-order valence-corrected chi connectivity index (χ4v) is 12.5. The highest BCUT2D eigenvalue weighted by Gasteiger charge is 2.53. The lowest BCUT2D eigenvalue weighted by molar-refractivity contribution is -0.00231. The Morgan fingerprint density at radius 1 is 0.450 bits per heavy atom. The number of nitrogens with one attached hydrogen (secondary N) is 1. The lowest BCUT2D eigenvalue weighted by atomic mass is 9.80. The van der Waals surface area contributed by atoms with E-state index in [-0.39, 0.29) is 41.0 Å². The summed E-state index contributed by atoms with van der Waals surface area (Å²) in [6.45, 7) is 16.5. The van der Waals surface area contributed by atoms with Gasteiger partial charge in [-0.1, -0.05) is 146 Å². The molecule has 80 heavy (non-hydrogen) atoms. The lowest BCUT2D eigenvalue weighted by Gasteiger charge is -2.45. The van der Waals surface area contributed by atoms with Crippen molar-refractivity contribution in [1.29, 1.82) is 0 Å². The van der Waals surface area contributed by atoms with Crippen molar-refractivity contribution in [3.63, 3.8) is 0 Å². The standard InChI is InChI=1S/C24H28N2O3.C24H26N2O3.C19H20N2O/c2*1-23(2,3)29-22(28)25-15-13-24(14-16-25)20-12-8-7-11-19(20)21(27)26(24)17-18-9-5-4-6-10-18;22-18-16-8-4-5-9-17(16)19(10-12-20-13-11-19)21(18)14-15-6-2-1-3-7-15/h4-12H,13-17H2,1-3H3;4-13,15H,14,16-17H2,1-3H3;1-9,20H,10-14H2. The monoisotopic (exact) mass is 1070 g/mol. The number of likely N-dealkylation sites (tertiary alicyclic amines) is 1. The Bertz CT molecular complexity index is 3250. The number of rotatable bonds is 6. The van der Waals surface area contributed by atoms with Crippen molar-refractivity contribution in [3.8, 4) is 0 Å². The zero-order valence-electron chi connectivity index (χ0n) is 47.0. The maximum absolute atomic E-state index is 13.3. The number of hydrogen-bond donors (Lipinski definition) is 1. The van der Waals surface area contributed by atoms with Gasteiger partial charge in [0, 0.05) is 62.2 Å². The Kier molecular flexibility index (Phi) is 15.6. The van der Waals surface area contributed by atoms with E-state index in [1.165, 1.54) is 11.1 Å². The SMILES string of the molecule is CC(C)(C)OC(=O)N1C=CC2(CC1)c1ccccc1C(=O)N2Cc1ccccc1.CC(C)(C)OC(=O)N1CCC2(CC1)c1ccccc1C(=O)N2Cc1ccccc1.O=C1c2ccccc2C2(CCNCC2)N1Cc1ccccc1. The van der Waals surface area contributed by atoms with E-state index in [9.17, 15) is 24.0 Å². The van der Waals surface area contributed by atoms with Crippen molar-refractivity contribution in [3.05, 3.63) is 226 Å². The van der Waals surface area contributed by atoms with Crippen molar-refractivity contribution >= 4 is 29.9 Å². The van der Waals surface area contributed by atoms with Gasteiger partial charge in [0.2, 0.25) is 0 Å². The van der Waals surface area contributed by atoms with E-state index in [1.807, 2.05) is 179 Å². The Morgan fingerprint density at radius 3 is 1.26 bits per heavy atom. The lowest BCUT2D eigenvalue weighted by Crippen LogP contribution is -2.52. The Hall–Kier alpha value is -8.03. The van der Waals surface area contributed by atoms with Crippen LogP contribution in [0.4, 0.5) is 9.59 Å². The van der Waals surface area contributed by atoms with Crippen LogP contribution in [0.3, 0.4) is 0 Å². The van der Waals surface area contributed by atoms with Crippen LogP contribution in [-0.4, -0.2) is 98.3 Å². The van der Waals surface area contributed by atoms with Gasteiger partial charge >= 0.3 is 12.2 Å². The molecule has 6 aromatic rings. The van der Waals surface area contributed by atoms with Gasteiger partial charge in [-0.25, -0.2) is 9.59 Å². The molecule has 13 nitrogen and oxygen atoms in total. The highest BCUT2D eigenvalue weighted by Crippen LogP contribution is 2.49. The molecule has 2 fully saturated rings. The number of nitrogens with zero attached hydrogens (tertiary/aromatic N) is 5. The molecule has 1 atom stereocenters. The summed E-state index contributed by atoms with van der Waals surface area (Å²) in [5.74, 6) is 0.288. The quantitative estimate of drug-likeness (QED) is 0.174. The molecule has 5 amide bonds. The number of benzene rings is 6. The van der Waals surface area contributed by atoms with E-state index < -0.39 is 16.7 Å². The van der Waals surface area contributed by atoms with Crippen LogP contribution in [0.15, 0.2) is 176 Å². The molecule has 414 valence electrons. The largest absolute Gasteiger partial charge is 0.444 e. The minimum Gasteiger partial charge on any atom is -0.444 e. The molecule has 6 aliphatic rings. The Morgan fingerprint density at radius 2 is 0.825 bits per heavy atom. The summed E-state index contributed by atoms with van der Waals surface area (Å²) < 4.78 is 11.0. The van der Waals surface area contributed by atoms with Crippen molar-refractivity contribution in [2.45, 2.75) is 121 Å². The highest BCUT2D eigenvalue weighted by atomic mass is 16.6.